The van der Waals surface area contributed by atoms with E-state index >= 15 is 0 Å². The third-order valence-electron chi connectivity index (χ3n) is 11.8. The smallest absolute Gasteiger partial charge is 0.444 e. The Morgan fingerprint density at radius 3 is 2.60 bits per heavy atom. The van der Waals surface area contributed by atoms with Gasteiger partial charge in [0, 0.05) is 25.2 Å². The van der Waals surface area contributed by atoms with E-state index in [-0.39, 0.29) is 29.5 Å². The lowest BCUT2D eigenvalue weighted by molar-refractivity contribution is -0.199. The number of nitrogens with one attached hydrogen (secondary N) is 1. The molecule has 6 aliphatic rings. The molecule has 2 bridgehead atoms. The van der Waals surface area contributed by atoms with E-state index in [1.54, 1.807) is 11.0 Å². The Bertz CT molecular complexity index is 1370. The monoisotopic (exact) mass is 646 g/mol. The first kappa shape index (κ1) is 34.0. The van der Waals surface area contributed by atoms with Crippen molar-refractivity contribution in [1.82, 2.24) is 15.1 Å². The number of rotatable bonds is 8. The zero-order valence-corrected chi connectivity index (χ0v) is 28.7. The van der Waals surface area contributed by atoms with Gasteiger partial charge in [-0.2, -0.15) is 5.26 Å². The van der Waals surface area contributed by atoms with Gasteiger partial charge in [-0.15, -0.1) is 0 Å². The summed E-state index contributed by atoms with van der Waals surface area (Å²) in [5, 5.41) is 13.1. The predicted octanol–water partition coefficient (Wildman–Crippen LogP) is 4.53. The molecule has 3 aliphatic carbocycles. The number of likely N-dealkylation sites (tertiary alicyclic amines) is 1. The minimum atomic E-state index is -0.599. The molecule has 0 spiro atoms. The van der Waals surface area contributed by atoms with Crippen molar-refractivity contribution in [3.05, 3.63) is 47.5 Å². The Morgan fingerprint density at radius 1 is 1.15 bits per heavy atom. The number of ether oxygens (including phenoxy) is 2. The van der Waals surface area contributed by atoms with Crippen molar-refractivity contribution < 1.29 is 28.4 Å². The fourth-order valence-corrected chi connectivity index (χ4v) is 8.77. The molecule has 3 saturated heterocycles. The maximum Gasteiger partial charge on any atom is 0.482 e. The van der Waals surface area contributed by atoms with Gasteiger partial charge in [0.1, 0.15) is 17.7 Å². The molecular formula is C36H51BN4O6. The van der Waals surface area contributed by atoms with Crippen LogP contribution in [-0.4, -0.2) is 97.6 Å². The van der Waals surface area contributed by atoms with Gasteiger partial charge in [0.15, 0.2) is 0 Å². The van der Waals surface area contributed by atoms with Gasteiger partial charge < -0.3 is 29.0 Å². The first-order valence-corrected chi connectivity index (χ1v) is 17.5. The molecule has 0 aromatic heterocycles. The second-order valence-corrected chi connectivity index (χ2v) is 15.5. The van der Waals surface area contributed by atoms with Crippen LogP contribution in [0, 0.1) is 28.6 Å². The molecule has 7 rings (SSSR count). The molecule has 1 aromatic rings. The second-order valence-electron chi connectivity index (χ2n) is 15.5. The second kappa shape index (κ2) is 13.5. The van der Waals surface area contributed by atoms with E-state index in [9.17, 15) is 14.9 Å². The molecule has 11 heteroatoms. The van der Waals surface area contributed by atoms with Crippen LogP contribution in [0.3, 0.4) is 0 Å². The first-order valence-electron chi connectivity index (χ1n) is 17.5. The van der Waals surface area contributed by atoms with Crippen molar-refractivity contribution in [2.75, 3.05) is 39.4 Å². The van der Waals surface area contributed by atoms with E-state index in [1.165, 1.54) is 0 Å². The molecule has 6 atom stereocenters. The van der Waals surface area contributed by atoms with Crippen molar-refractivity contribution in [3.63, 3.8) is 0 Å². The van der Waals surface area contributed by atoms with E-state index in [2.05, 4.69) is 37.1 Å². The summed E-state index contributed by atoms with van der Waals surface area (Å²) in [6, 6.07) is 12.2. The minimum Gasteiger partial charge on any atom is -0.444 e. The third-order valence-corrected chi connectivity index (χ3v) is 11.8. The first-order chi connectivity index (χ1) is 22.4. The zero-order valence-electron chi connectivity index (χ0n) is 28.7. The van der Waals surface area contributed by atoms with Crippen LogP contribution >= 0.6 is 0 Å². The van der Waals surface area contributed by atoms with Gasteiger partial charge >= 0.3 is 13.2 Å². The topological polar surface area (TPSA) is 113 Å². The van der Waals surface area contributed by atoms with Crippen molar-refractivity contribution in [2.24, 2.45) is 17.3 Å². The van der Waals surface area contributed by atoms with Crippen LogP contribution in [0.5, 0.6) is 0 Å². The molecule has 1 N–H and O–H groups in total. The maximum absolute atomic E-state index is 13.7. The highest BCUT2D eigenvalue weighted by molar-refractivity contribution is 6.47. The maximum atomic E-state index is 13.7. The number of nitrogens with zero attached hydrogens (tertiary/aromatic N) is 3. The molecule has 254 valence electrons. The van der Waals surface area contributed by atoms with Crippen LogP contribution in [0.15, 0.2) is 42.0 Å². The number of morpholine rings is 1. The van der Waals surface area contributed by atoms with Crippen LogP contribution in [0.1, 0.15) is 72.3 Å². The van der Waals surface area contributed by atoms with Crippen LogP contribution in [0.4, 0.5) is 4.79 Å². The van der Waals surface area contributed by atoms with Crippen LogP contribution < -0.4 is 5.32 Å². The van der Waals surface area contributed by atoms with Crippen molar-refractivity contribution in [1.29, 1.82) is 5.26 Å². The quantitative estimate of drug-likeness (QED) is 0.249. The fourth-order valence-electron chi connectivity index (χ4n) is 8.77. The largest absolute Gasteiger partial charge is 0.482 e. The predicted molar refractivity (Wildman–Crippen MR) is 178 cm³/mol. The summed E-state index contributed by atoms with van der Waals surface area (Å²) < 4.78 is 24.8. The number of hydrogen-bond donors (Lipinski definition) is 1. The Labute approximate surface area is 280 Å². The van der Waals surface area contributed by atoms with E-state index in [1.807, 2.05) is 44.2 Å². The van der Waals surface area contributed by atoms with E-state index in [0.717, 1.165) is 44.3 Å². The molecule has 1 aromatic carbocycles. The van der Waals surface area contributed by atoms with Gasteiger partial charge in [0.25, 0.3) is 5.91 Å². The lowest BCUT2D eigenvalue weighted by Gasteiger charge is -2.64. The van der Waals surface area contributed by atoms with Gasteiger partial charge in [-0.25, -0.2) is 4.79 Å². The number of amides is 2. The number of benzene rings is 1. The number of alkyl carbamates (subject to hydrolysis) is 1. The Balaban J connectivity index is 1.12. The Hall–Kier alpha value is -2.91. The molecule has 3 aliphatic heterocycles. The summed E-state index contributed by atoms with van der Waals surface area (Å²) in [5.74, 6) is 0.263. The summed E-state index contributed by atoms with van der Waals surface area (Å²) in [7, 11) is -0.599. The fraction of sp³-hybridized carbons (Fsp3) is 0.694. The van der Waals surface area contributed by atoms with Gasteiger partial charge in [-0.1, -0.05) is 44.2 Å². The Kier molecular flexibility index (Phi) is 9.79. The standard InChI is InChI=1S/C36H51BN4O6/c1-34(2,41-15-17-44-18-16-41)22-26(23-38)32(42)40-14-10-9-13-28(24-40)45-33(43)39-31(19-25-11-7-6-8-12-25)37-46-30-21-27-20-29(35(27,3)4)36(30,5)47-37/h6-8,11-12,22,27-31H,9-10,13-21,24H2,1-5H3,(H,39,43)/t27-,28+,29-,30+,31?,36-/m0/s1. The summed E-state index contributed by atoms with van der Waals surface area (Å²) in [5.41, 5.74) is 0.521. The van der Waals surface area contributed by atoms with E-state index in [4.69, 9.17) is 18.8 Å². The highest BCUT2D eigenvalue weighted by Crippen LogP contribution is 2.65. The van der Waals surface area contributed by atoms with Gasteiger partial charge in [-0.05, 0) is 88.2 Å². The van der Waals surface area contributed by atoms with Gasteiger partial charge in [0.2, 0.25) is 0 Å². The molecule has 10 nitrogen and oxygen atoms in total. The number of carbonyl (C=O) groups is 2. The van der Waals surface area contributed by atoms with E-state index in [0.29, 0.717) is 44.4 Å². The molecule has 3 heterocycles. The number of hydrogen-bond acceptors (Lipinski definition) is 8. The lowest BCUT2D eigenvalue weighted by Crippen LogP contribution is -2.65. The number of carbonyl (C=O) groups excluding carboxylic acids is 2. The molecule has 47 heavy (non-hydrogen) atoms. The van der Waals surface area contributed by atoms with Crippen molar-refractivity contribution >= 4 is 19.1 Å². The third kappa shape index (κ3) is 6.98. The molecular weight excluding hydrogens is 595 g/mol. The lowest BCUT2D eigenvalue weighted by atomic mass is 9.43. The summed E-state index contributed by atoms with van der Waals surface area (Å²) >= 11 is 0. The van der Waals surface area contributed by atoms with Crippen LogP contribution in [0.2, 0.25) is 0 Å². The normalized spacial score (nSPS) is 31.5. The highest BCUT2D eigenvalue weighted by atomic mass is 16.7. The summed E-state index contributed by atoms with van der Waals surface area (Å²) in [4.78, 5) is 31.1. The average Bonchev–Trinajstić information content (AvgIpc) is 3.26. The minimum absolute atomic E-state index is 0.00240. The molecule has 3 saturated carbocycles. The van der Waals surface area contributed by atoms with E-state index < -0.39 is 36.4 Å². The Morgan fingerprint density at radius 2 is 1.89 bits per heavy atom. The van der Waals surface area contributed by atoms with Gasteiger partial charge in [0.05, 0.1) is 37.4 Å². The van der Waals surface area contributed by atoms with Crippen molar-refractivity contribution in [2.45, 2.75) is 102 Å². The van der Waals surface area contributed by atoms with Crippen LogP contribution in [0.25, 0.3) is 0 Å². The highest BCUT2D eigenvalue weighted by Gasteiger charge is 2.68. The molecule has 0 radical (unpaired) electrons. The average molecular weight is 647 g/mol. The molecule has 1 unspecified atom stereocenters. The summed E-state index contributed by atoms with van der Waals surface area (Å²) in [6.07, 6.45) is 5.60. The molecule has 6 fully saturated rings. The van der Waals surface area contributed by atoms with Crippen LogP contribution in [-0.2, 0) is 30.0 Å². The summed E-state index contributed by atoms with van der Waals surface area (Å²) in [6.45, 7) is 14.4. The SMILES string of the molecule is CC1(C)[C@@H]2C[C@H]3OB(C(Cc4ccccc4)NC(=O)O[C@@H]4CCCCN(C(=O)C(C#N)=CC(C)(C)N5CCOCC5)C4)O[C@@]3(C)[C@H]1C2. The number of nitriles is 1. The zero-order chi connectivity index (χ0) is 33.4. The molecule has 2 amide bonds. The van der Waals surface area contributed by atoms with Crippen molar-refractivity contribution in [3.8, 4) is 6.07 Å². The van der Waals surface area contributed by atoms with Gasteiger partial charge in [-0.3, -0.25) is 9.69 Å².